The molecule has 188 valence electrons. The fraction of sp³-hybridized carbons (Fsp3) is 1.00. The summed E-state index contributed by atoms with van der Waals surface area (Å²) in [7, 11) is 3.76. The molecule has 0 amide bonds. The van der Waals surface area contributed by atoms with Gasteiger partial charge in [-0.3, -0.25) is 0 Å². The van der Waals surface area contributed by atoms with E-state index in [9.17, 15) is 0 Å². The van der Waals surface area contributed by atoms with E-state index in [-0.39, 0.29) is 0 Å². The molecule has 0 aliphatic rings. The molecule has 0 aliphatic carbocycles. The smallest absolute Gasteiger partial charge is 0.374 e. The molecule has 13 heteroatoms. The van der Waals surface area contributed by atoms with Gasteiger partial charge in [0.05, 0.1) is 0 Å². The van der Waals surface area contributed by atoms with Crippen LogP contribution in [-0.2, 0) is 26.6 Å². The summed E-state index contributed by atoms with van der Waals surface area (Å²) in [6.07, 6.45) is 2.14. The molecule has 0 heterocycles. The van der Waals surface area contributed by atoms with Crippen LogP contribution in [0.5, 0.6) is 0 Å². The van der Waals surface area contributed by atoms with Crippen molar-refractivity contribution in [2.45, 2.75) is 71.3 Å². The molecule has 0 rings (SSSR count). The zero-order valence-corrected chi connectivity index (χ0v) is 27.7. The number of rotatable bonds is 23. The van der Waals surface area contributed by atoms with Crippen molar-refractivity contribution in [2.75, 3.05) is 45.4 Å². The zero-order valence-electron chi connectivity index (χ0n) is 20.4. The van der Waals surface area contributed by atoms with Gasteiger partial charge < -0.3 is 26.6 Å². The topological polar surface area (TPSA) is 55.4 Å². The minimum atomic E-state index is -2.51. The Labute approximate surface area is 211 Å². The third kappa shape index (κ3) is 15.4. The maximum Gasteiger partial charge on any atom is 0.500 e. The molecule has 0 spiro atoms. The Morgan fingerprint density at radius 2 is 1.06 bits per heavy atom. The lowest BCUT2D eigenvalue weighted by Gasteiger charge is -2.29. The van der Waals surface area contributed by atoms with E-state index in [0.717, 1.165) is 40.9 Å². The summed E-state index contributed by atoms with van der Waals surface area (Å²) in [5, 5.41) is 0. The Morgan fingerprint density at radius 1 is 0.645 bits per heavy atom. The van der Waals surface area contributed by atoms with Gasteiger partial charge in [-0.15, -0.1) is 0 Å². The van der Waals surface area contributed by atoms with Gasteiger partial charge in [0, 0.05) is 72.6 Å². The Balaban J connectivity index is 4.15. The normalized spacial score (nSPS) is 13.7. The van der Waals surface area contributed by atoms with Gasteiger partial charge in [-0.1, -0.05) is 21.6 Å². The molecule has 0 N–H and O–H groups in total. The van der Waals surface area contributed by atoms with Gasteiger partial charge in [-0.25, -0.2) is 0 Å². The largest absolute Gasteiger partial charge is 0.500 e. The van der Waals surface area contributed by atoms with Crippen molar-refractivity contribution in [2.24, 2.45) is 0 Å². The summed E-state index contributed by atoms with van der Waals surface area (Å²) in [6, 6.07) is 1.79. The predicted octanol–water partition coefficient (Wildman–Crippen LogP) is 5.23. The maximum absolute atomic E-state index is 5.97. The van der Waals surface area contributed by atoms with Crippen LogP contribution in [0.3, 0.4) is 0 Å². The first-order valence-corrected chi connectivity index (χ1v) is 21.5. The van der Waals surface area contributed by atoms with E-state index in [0.29, 0.717) is 44.5 Å². The van der Waals surface area contributed by atoms with Crippen LogP contribution in [-0.4, -0.2) is 78.1 Å². The first-order valence-electron chi connectivity index (χ1n) is 11.4. The molecular formula is C18H44O6S4Si3. The van der Waals surface area contributed by atoms with E-state index in [1.165, 1.54) is 0 Å². The van der Waals surface area contributed by atoms with Crippen LogP contribution in [0.25, 0.3) is 0 Å². The van der Waals surface area contributed by atoms with Crippen LogP contribution >= 0.6 is 41.2 Å². The second-order valence-electron chi connectivity index (χ2n) is 6.47. The standard InChI is InChI=1S/C18H44O6S4Si3/c1-7-19-30(20-8-2,21-9-3)16-13-15-25-27-28-26-18(29)14-17-31(22-10-4,23-11-5)24-12-6/h18H,7-17H2,1-6,29H3. The SMILES string of the molecule is CCO[Si](CCCSSSSC([SiH3])CC[Si](OCC)(OCC)OCC)(OCC)OCC. The van der Waals surface area contributed by atoms with Crippen LogP contribution in [0.15, 0.2) is 0 Å². The molecule has 0 aliphatic heterocycles. The van der Waals surface area contributed by atoms with Crippen LogP contribution in [0.4, 0.5) is 0 Å². The van der Waals surface area contributed by atoms with Crippen molar-refractivity contribution in [1.82, 2.24) is 0 Å². The third-order valence-corrected chi connectivity index (χ3v) is 19.6. The third-order valence-electron chi connectivity index (χ3n) is 4.03. The average molecular weight is 569 g/mol. The molecule has 1 atom stereocenters. The van der Waals surface area contributed by atoms with Gasteiger partial charge in [0.1, 0.15) is 0 Å². The van der Waals surface area contributed by atoms with Gasteiger partial charge in [0.15, 0.2) is 0 Å². The van der Waals surface area contributed by atoms with Crippen molar-refractivity contribution in [3.63, 3.8) is 0 Å². The van der Waals surface area contributed by atoms with Crippen molar-refractivity contribution >= 4 is 69.1 Å². The molecule has 1 unspecified atom stereocenters. The Morgan fingerprint density at radius 3 is 1.48 bits per heavy atom. The predicted molar refractivity (Wildman–Crippen MR) is 149 cm³/mol. The molecule has 0 aromatic rings. The molecular weight excluding hydrogens is 525 g/mol. The highest BCUT2D eigenvalue weighted by Gasteiger charge is 2.40. The van der Waals surface area contributed by atoms with E-state index in [1.54, 1.807) is 0 Å². The highest BCUT2D eigenvalue weighted by atomic mass is 33.7. The molecule has 0 radical (unpaired) electrons. The first-order chi connectivity index (χ1) is 15.0. The van der Waals surface area contributed by atoms with Crippen LogP contribution in [0, 0.1) is 0 Å². The van der Waals surface area contributed by atoms with E-state index in [2.05, 4.69) is 0 Å². The van der Waals surface area contributed by atoms with Crippen molar-refractivity contribution in [3.05, 3.63) is 0 Å². The minimum Gasteiger partial charge on any atom is -0.374 e. The van der Waals surface area contributed by atoms with Gasteiger partial charge in [0.25, 0.3) is 0 Å². The summed E-state index contributed by atoms with van der Waals surface area (Å²) in [4.78, 5) is 0.653. The van der Waals surface area contributed by atoms with Gasteiger partial charge >= 0.3 is 17.6 Å². The molecule has 0 fully saturated rings. The summed E-state index contributed by atoms with van der Waals surface area (Å²) in [6.45, 7) is 15.9. The van der Waals surface area contributed by atoms with E-state index in [1.807, 2.05) is 82.8 Å². The molecule has 0 saturated heterocycles. The lowest BCUT2D eigenvalue weighted by molar-refractivity contribution is 0.0703. The fourth-order valence-corrected chi connectivity index (χ4v) is 18.4. The molecule has 0 aromatic heterocycles. The minimum absolute atomic E-state index is 0.641. The van der Waals surface area contributed by atoms with Crippen LogP contribution in [0.1, 0.15) is 54.4 Å². The Kier molecular flexibility index (Phi) is 22.4. The van der Waals surface area contributed by atoms with Gasteiger partial charge in [-0.2, -0.15) is 0 Å². The van der Waals surface area contributed by atoms with E-state index >= 15 is 0 Å². The summed E-state index contributed by atoms with van der Waals surface area (Å²) >= 11 is 0. The molecule has 0 saturated carbocycles. The Bertz CT molecular complexity index is 384. The number of hydrogen-bond donors (Lipinski definition) is 0. The second kappa shape index (κ2) is 21.1. The van der Waals surface area contributed by atoms with Crippen molar-refractivity contribution in [1.29, 1.82) is 0 Å². The first kappa shape index (κ1) is 32.8. The average Bonchev–Trinajstić information content (AvgIpc) is 2.73. The fourth-order valence-electron chi connectivity index (χ4n) is 2.92. The maximum atomic E-state index is 5.97. The monoisotopic (exact) mass is 568 g/mol. The molecule has 0 aromatic carbocycles. The van der Waals surface area contributed by atoms with Crippen LogP contribution < -0.4 is 0 Å². The van der Waals surface area contributed by atoms with Gasteiger partial charge in [-0.05, 0) is 74.0 Å². The second-order valence-corrected chi connectivity index (χ2v) is 20.6. The molecule has 6 nitrogen and oxygen atoms in total. The zero-order chi connectivity index (χ0) is 23.4. The highest BCUT2D eigenvalue weighted by molar-refractivity contribution is 9.26. The summed E-state index contributed by atoms with van der Waals surface area (Å²) in [5.41, 5.74) is 0. The quantitative estimate of drug-likeness (QED) is 0.0930. The van der Waals surface area contributed by atoms with Gasteiger partial charge in [0.2, 0.25) is 0 Å². The van der Waals surface area contributed by atoms with E-state index < -0.39 is 17.6 Å². The Hall–Kier alpha value is 1.81. The lowest BCUT2D eigenvalue weighted by Crippen LogP contribution is -2.46. The number of hydrogen-bond acceptors (Lipinski definition) is 10. The molecule has 31 heavy (non-hydrogen) atoms. The van der Waals surface area contributed by atoms with E-state index in [4.69, 9.17) is 26.6 Å². The van der Waals surface area contributed by atoms with Crippen molar-refractivity contribution in [3.8, 4) is 0 Å². The highest BCUT2D eigenvalue weighted by Crippen LogP contribution is 2.45. The van der Waals surface area contributed by atoms with Crippen molar-refractivity contribution < 1.29 is 26.6 Å². The van der Waals surface area contributed by atoms with Crippen LogP contribution in [0.2, 0.25) is 12.1 Å². The molecule has 0 bridgehead atoms. The summed E-state index contributed by atoms with van der Waals surface area (Å²) < 4.78 is 35.7. The lowest BCUT2D eigenvalue weighted by atomic mass is 10.6. The summed E-state index contributed by atoms with van der Waals surface area (Å²) in [5.74, 6) is 1.07.